The number of carbonyl (C=O) groups is 1. The number of benzene rings is 1. The highest BCUT2D eigenvalue weighted by Gasteiger charge is 2.30. The molecule has 25 heavy (non-hydrogen) atoms. The highest BCUT2D eigenvalue weighted by atomic mass is 35.5. The van der Waals surface area contributed by atoms with Gasteiger partial charge in [-0.25, -0.2) is 12.7 Å². The van der Waals surface area contributed by atoms with E-state index in [1.54, 1.807) is 12.1 Å². The van der Waals surface area contributed by atoms with Crippen molar-refractivity contribution in [3.63, 3.8) is 0 Å². The molecule has 0 saturated carbocycles. The van der Waals surface area contributed by atoms with Crippen LogP contribution in [0, 0.1) is 5.92 Å². The number of nitrogens with one attached hydrogen (secondary N) is 1. The molecule has 1 aromatic rings. The summed E-state index contributed by atoms with van der Waals surface area (Å²) in [7, 11) is -3.30. The summed E-state index contributed by atoms with van der Waals surface area (Å²) in [5.41, 5.74) is 0.437. The normalized spacial score (nSPS) is 21.4. The quantitative estimate of drug-likeness (QED) is 0.857. The van der Waals surface area contributed by atoms with Crippen LogP contribution >= 0.6 is 11.6 Å². The molecular formula is C16H21ClN2O5S. The number of hydrogen-bond donors (Lipinski definition) is 1. The summed E-state index contributed by atoms with van der Waals surface area (Å²) in [6.45, 7) is 1.73. The minimum absolute atomic E-state index is 0.187. The summed E-state index contributed by atoms with van der Waals surface area (Å²) in [5.74, 6) is 0.445. The first kappa shape index (κ1) is 18.3. The molecule has 2 heterocycles. The summed E-state index contributed by atoms with van der Waals surface area (Å²) < 4.78 is 35.9. The molecular weight excluding hydrogens is 368 g/mol. The van der Waals surface area contributed by atoms with Crippen LogP contribution in [0.1, 0.15) is 19.3 Å². The van der Waals surface area contributed by atoms with Crippen molar-refractivity contribution in [1.82, 2.24) is 4.31 Å². The zero-order valence-electron chi connectivity index (χ0n) is 14.0. The van der Waals surface area contributed by atoms with Crippen LogP contribution in [0.15, 0.2) is 12.1 Å². The van der Waals surface area contributed by atoms with Gasteiger partial charge in [-0.3, -0.25) is 4.79 Å². The van der Waals surface area contributed by atoms with Crippen molar-refractivity contribution in [3.05, 3.63) is 17.2 Å². The molecule has 1 atom stereocenters. The molecule has 7 nitrogen and oxygen atoms in total. The van der Waals surface area contributed by atoms with E-state index in [-0.39, 0.29) is 12.5 Å². The molecule has 0 aromatic heterocycles. The number of sulfonamides is 1. The van der Waals surface area contributed by atoms with Gasteiger partial charge in [0.05, 0.1) is 36.1 Å². The van der Waals surface area contributed by atoms with Crippen LogP contribution in [0.4, 0.5) is 5.69 Å². The van der Waals surface area contributed by atoms with E-state index in [1.165, 1.54) is 4.31 Å². The number of rotatable bonds is 3. The van der Waals surface area contributed by atoms with Crippen LogP contribution in [-0.2, 0) is 14.8 Å². The van der Waals surface area contributed by atoms with Crippen molar-refractivity contribution in [2.45, 2.75) is 19.3 Å². The number of anilines is 1. The minimum atomic E-state index is -3.30. The van der Waals surface area contributed by atoms with E-state index in [0.29, 0.717) is 54.8 Å². The Balaban J connectivity index is 1.73. The zero-order valence-corrected chi connectivity index (χ0v) is 15.5. The second-order valence-electron chi connectivity index (χ2n) is 6.28. The Morgan fingerprint density at radius 2 is 1.92 bits per heavy atom. The lowest BCUT2D eigenvalue weighted by atomic mass is 9.98. The average molecular weight is 389 g/mol. The fourth-order valence-corrected chi connectivity index (χ4v) is 4.08. The topological polar surface area (TPSA) is 84.9 Å². The first-order valence-electron chi connectivity index (χ1n) is 8.20. The van der Waals surface area contributed by atoms with Gasteiger partial charge < -0.3 is 14.8 Å². The maximum absolute atomic E-state index is 12.6. The Kier molecular flexibility index (Phi) is 5.41. The number of halogens is 1. The monoisotopic (exact) mass is 388 g/mol. The van der Waals surface area contributed by atoms with E-state index < -0.39 is 15.9 Å². The van der Waals surface area contributed by atoms with E-state index in [2.05, 4.69) is 5.32 Å². The maximum atomic E-state index is 12.6. The lowest BCUT2D eigenvalue weighted by molar-refractivity contribution is -0.120. The number of ether oxygens (including phenoxy) is 2. The molecule has 3 rings (SSSR count). The lowest BCUT2D eigenvalue weighted by Gasteiger charge is -2.30. The molecule has 2 aliphatic heterocycles. The number of hydrogen-bond acceptors (Lipinski definition) is 5. The number of nitrogens with zero attached hydrogens (tertiary/aromatic N) is 1. The molecule has 2 aliphatic rings. The number of amides is 1. The van der Waals surface area contributed by atoms with Crippen molar-refractivity contribution < 1.29 is 22.7 Å². The predicted octanol–water partition coefficient (Wildman–Crippen LogP) is 2.11. The third-order valence-corrected chi connectivity index (χ3v) is 5.90. The van der Waals surface area contributed by atoms with Crippen molar-refractivity contribution in [2.24, 2.45) is 5.92 Å². The smallest absolute Gasteiger partial charge is 0.228 e. The van der Waals surface area contributed by atoms with Gasteiger partial charge in [0.15, 0.2) is 11.5 Å². The van der Waals surface area contributed by atoms with Crippen LogP contribution in [0.3, 0.4) is 0 Å². The highest BCUT2D eigenvalue weighted by Crippen LogP contribution is 2.38. The van der Waals surface area contributed by atoms with Gasteiger partial charge in [0.25, 0.3) is 0 Å². The summed E-state index contributed by atoms with van der Waals surface area (Å²) in [6, 6.07) is 3.28. The molecule has 1 fully saturated rings. The van der Waals surface area contributed by atoms with Gasteiger partial charge >= 0.3 is 0 Å². The molecule has 0 radical (unpaired) electrons. The van der Waals surface area contributed by atoms with E-state index in [9.17, 15) is 13.2 Å². The van der Waals surface area contributed by atoms with E-state index >= 15 is 0 Å². The lowest BCUT2D eigenvalue weighted by Crippen LogP contribution is -2.43. The van der Waals surface area contributed by atoms with Crippen LogP contribution < -0.4 is 14.8 Å². The van der Waals surface area contributed by atoms with Gasteiger partial charge in [0, 0.05) is 31.6 Å². The largest absolute Gasteiger partial charge is 0.490 e. The van der Waals surface area contributed by atoms with Gasteiger partial charge in [-0.15, -0.1) is 0 Å². The maximum Gasteiger partial charge on any atom is 0.228 e. The van der Waals surface area contributed by atoms with Crippen LogP contribution in [0.25, 0.3) is 0 Å². The number of carbonyl (C=O) groups excluding carboxylic acids is 1. The fourth-order valence-electron chi connectivity index (χ4n) is 2.97. The second-order valence-corrected chi connectivity index (χ2v) is 8.67. The van der Waals surface area contributed by atoms with Crippen molar-refractivity contribution in [2.75, 3.05) is 37.9 Å². The van der Waals surface area contributed by atoms with E-state index in [1.807, 2.05) is 0 Å². The van der Waals surface area contributed by atoms with Gasteiger partial charge in [0.1, 0.15) is 0 Å². The standard InChI is InChI=1S/C16H21ClN2O5S/c1-25(21,22)19-5-2-4-11(10-19)16(20)18-13-9-15-14(8-12(13)17)23-6-3-7-24-15/h8-9,11H,2-7,10H2,1H3,(H,18,20). The molecule has 0 aliphatic carbocycles. The number of fused-ring (bicyclic) bond motifs is 1. The van der Waals surface area contributed by atoms with Gasteiger partial charge in [-0.1, -0.05) is 11.6 Å². The van der Waals surface area contributed by atoms with E-state index in [0.717, 1.165) is 12.7 Å². The number of piperidine rings is 1. The van der Waals surface area contributed by atoms with Gasteiger partial charge in [-0.2, -0.15) is 0 Å². The second kappa shape index (κ2) is 7.39. The van der Waals surface area contributed by atoms with E-state index in [4.69, 9.17) is 21.1 Å². The molecule has 0 bridgehead atoms. The van der Waals surface area contributed by atoms with Gasteiger partial charge in [0.2, 0.25) is 15.9 Å². The Morgan fingerprint density at radius 3 is 2.60 bits per heavy atom. The van der Waals surface area contributed by atoms with Crippen molar-refractivity contribution in [1.29, 1.82) is 0 Å². The molecule has 138 valence electrons. The predicted molar refractivity (Wildman–Crippen MR) is 94.8 cm³/mol. The Morgan fingerprint density at radius 1 is 1.24 bits per heavy atom. The van der Waals surface area contributed by atoms with Crippen molar-refractivity contribution in [3.8, 4) is 11.5 Å². The van der Waals surface area contributed by atoms with Crippen LogP contribution in [-0.4, -0.2) is 51.2 Å². The summed E-state index contributed by atoms with van der Waals surface area (Å²) in [6.07, 6.45) is 3.23. The SMILES string of the molecule is CS(=O)(=O)N1CCCC(C(=O)Nc2cc3c(cc2Cl)OCCCO3)C1. The first-order chi connectivity index (χ1) is 11.8. The van der Waals surface area contributed by atoms with Crippen LogP contribution in [0.2, 0.25) is 5.02 Å². The molecule has 1 N–H and O–H groups in total. The molecule has 1 aromatic carbocycles. The molecule has 9 heteroatoms. The van der Waals surface area contributed by atoms with Crippen molar-refractivity contribution >= 4 is 33.2 Å². The van der Waals surface area contributed by atoms with Crippen LogP contribution in [0.5, 0.6) is 11.5 Å². The third kappa shape index (κ3) is 4.37. The third-order valence-electron chi connectivity index (χ3n) is 4.32. The summed E-state index contributed by atoms with van der Waals surface area (Å²) >= 11 is 6.24. The summed E-state index contributed by atoms with van der Waals surface area (Å²) in [5, 5.41) is 3.15. The molecule has 1 amide bonds. The zero-order chi connectivity index (χ0) is 18.0. The first-order valence-corrected chi connectivity index (χ1v) is 10.4. The fraction of sp³-hybridized carbons (Fsp3) is 0.562. The Bertz CT molecular complexity index is 768. The highest BCUT2D eigenvalue weighted by molar-refractivity contribution is 7.88. The Hall–Kier alpha value is -1.51. The molecule has 1 unspecified atom stereocenters. The minimum Gasteiger partial charge on any atom is -0.490 e. The van der Waals surface area contributed by atoms with Gasteiger partial charge in [-0.05, 0) is 12.8 Å². The Labute approximate surface area is 152 Å². The average Bonchev–Trinajstić information content (AvgIpc) is 2.79. The molecule has 0 spiro atoms. The molecule has 1 saturated heterocycles. The summed E-state index contributed by atoms with van der Waals surface area (Å²) in [4.78, 5) is 12.6.